The summed E-state index contributed by atoms with van der Waals surface area (Å²) in [6.07, 6.45) is 4.66. The first-order chi connectivity index (χ1) is 13.1. The minimum absolute atomic E-state index is 0.0156. The zero-order valence-electron chi connectivity index (χ0n) is 17.4. The van der Waals surface area contributed by atoms with Gasteiger partial charge in [-0.25, -0.2) is 0 Å². The van der Waals surface area contributed by atoms with Crippen molar-refractivity contribution in [3.63, 3.8) is 0 Å². The smallest absolute Gasteiger partial charge is 0.173 e. The van der Waals surface area contributed by atoms with Gasteiger partial charge in [-0.1, -0.05) is 37.3 Å². The minimum atomic E-state index is -0.487. The lowest BCUT2D eigenvalue weighted by atomic mass is 9.74. The molecule has 0 bridgehead atoms. The number of hydrogen-bond donors (Lipinski definition) is 0. The van der Waals surface area contributed by atoms with E-state index in [-0.39, 0.29) is 11.5 Å². The highest BCUT2D eigenvalue weighted by molar-refractivity contribution is 5.13. The molecule has 1 heterocycles. The topological polar surface area (TPSA) is 46.2 Å². The predicted octanol–water partition coefficient (Wildman–Crippen LogP) is 4.19. The van der Waals surface area contributed by atoms with Crippen molar-refractivity contribution in [2.45, 2.75) is 58.0 Å². The summed E-state index contributed by atoms with van der Waals surface area (Å²) >= 11 is 0. The van der Waals surface area contributed by atoms with Gasteiger partial charge in [0.25, 0.3) is 0 Å². The van der Waals surface area contributed by atoms with E-state index in [0.29, 0.717) is 33.0 Å². The van der Waals surface area contributed by atoms with Crippen LogP contribution in [0.25, 0.3) is 0 Å². The Balaban J connectivity index is 0.000000380. The van der Waals surface area contributed by atoms with Gasteiger partial charge in [-0.15, -0.1) is 0 Å². The van der Waals surface area contributed by atoms with Crippen molar-refractivity contribution < 1.29 is 23.7 Å². The molecule has 3 rings (SSSR count). The summed E-state index contributed by atoms with van der Waals surface area (Å²) in [5, 5.41) is 0. The number of hydrogen-bond acceptors (Lipinski definition) is 5. The normalized spacial score (nSPS) is 26.6. The summed E-state index contributed by atoms with van der Waals surface area (Å²) in [4.78, 5) is 0. The molecule has 0 radical (unpaired) electrons. The van der Waals surface area contributed by atoms with Crippen molar-refractivity contribution in [2.75, 3.05) is 40.6 Å². The maximum Gasteiger partial charge on any atom is 0.173 e. The van der Waals surface area contributed by atoms with Gasteiger partial charge in [0.05, 0.1) is 44.6 Å². The Hall–Kier alpha value is -0.980. The van der Waals surface area contributed by atoms with Gasteiger partial charge in [-0.05, 0) is 38.2 Å². The zero-order valence-corrected chi connectivity index (χ0v) is 17.4. The molecule has 2 fully saturated rings. The third kappa shape index (κ3) is 5.52. The van der Waals surface area contributed by atoms with Gasteiger partial charge in [0.15, 0.2) is 5.79 Å². The highest BCUT2D eigenvalue weighted by Gasteiger charge is 2.58. The lowest BCUT2D eigenvalue weighted by molar-refractivity contribution is -0.255. The first-order valence-corrected chi connectivity index (χ1v) is 10.0. The molecule has 2 aliphatic rings. The maximum absolute atomic E-state index is 6.31. The third-order valence-corrected chi connectivity index (χ3v) is 5.86. The molecule has 2 atom stereocenters. The molecule has 1 saturated heterocycles. The summed E-state index contributed by atoms with van der Waals surface area (Å²) in [6.45, 7) is 7.79. The van der Waals surface area contributed by atoms with Crippen LogP contribution >= 0.6 is 0 Å². The van der Waals surface area contributed by atoms with Crippen LogP contribution in [0.15, 0.2) is 30.3 Å². The molecule has 5 heteroatoms. The molecule has 2 unspecified atom stereocenters. The van der Waals surface area contributed by atoms with E-state index in [4.69, 9.17) is 14.2 Å². The van der Waals surface area contributed by atoms with E-state index in [1.54, 1.807) is 14.2 Å². The second-order valence-electron chi connectivity index (χ2n) is 7.32. The highest BCUT2D eigenvalue weighted by atomic mass is 16.7. The van der Waals surface area contributed by atoms with Crippen LogP contribution in [0.4, 0.5) is 0 Å². The Morgan fingerprint density at radius 1 is 1.04 bits per heavy atom. The van der Waals surface area contributed by atoms with Gasteiger partial charge < -0.3 is 23.7 Å². The molecule has 154 valence electrons. The largest absolute Gasteiger partial charge is 0.382 e. The van der Waals surface area contributed by atoms with E-state index in [1.807, 2.05) is 6.07 Å². The number of rotatable bonds is 8. The standard InChI is InChI=1S/C18H26O3.C4H10O2/c1-3-18(17(2)20-12-13-21-17)11-7-10-16(18)19-14-15-8-5-4-6-9-15;1-5-3-4-6-2/h4-6,8-9,16H,3,7,10-14H2,1-2H3;3-4H2,1-2H3. The number of benzene rings is 1. The van der Waals surface area contributed by atoms with Crippen molar-refractivity contribution in [3.8, 4) is 0 Å². The van der Waals surface area contributed by atoms with Gasteiger partial charge in [0.1, 0.15) is 0 Å². The van der Waals surface area contributed by atoms with E-state index in [1.165, 1.54) is 12.0 Å². The Kier molecular flexibility index (Phi) is 9.19. The second-order valence-corrected chi connectivity index (χ2v) is 7.32. The van der Waals surface area contributed by atoms with Gasteiger partial charge >= 0.3 is 0 Å². The van der Waals surface area contributed by atoms with Crippen LogP contribution in [0.5, 0.6) is 0 Å². The predicted molar refractivity (Wildman–Crippen MR) is 106 cm³/mol. The second kappa shape index (κ2) is 11.1. The highest BCUT2D eigenvalue weighted by Crippen LogP contribution is 2.53. The molecule has 1 aliphatic carbocycles. The van der Waals surface area contributed by atoms with Crippen molar-refractivity contribution in [3.05, 3.63) is 35.9 Å². The van der Waals surface area contributed by atoms with Crippen molar-refractivity contribution in [1.82, 2.24) is 0 Å². The van der Waals surface area contributed by atoms with E-state index in [2.05, 4.69) is 47.6 Å². The average molecular weight is 381 g/mol. The fourth-order valence-corrected chi connectivity index (χ4v) is 4.27. The van der Waals surface area contributed by atoms with Crippen molar-refractivity contribution >= 4 is 0 Å². The monoisotopic (exact) mass is 380 g/mol. The van der Waals surface area contributed by atoms with Crippen molar-refractivity contribution in [1.29, 1.82) is 0 Å². The van der Waals surface area contributed by atoms with Crippen LogP contribution in [-0.2, 0) is 30.3 Å². The molecule has 0 N–H and O–H groups in total. The van der Waals surface area contributed by atoms with Crippen LogP contribution < -0.4 is 0 Å². The van der Waals surface area contributed by atoms with Gasteiger partial charge in [-0.2, -0.15) is 0 Å². The van der Waals surface area contributed by atoms with E-state index < -0.39 is 5.79 Å². The summed E-state index contributed by atoms with van der Waals surface area (Å²) in [7, 11) is 3.30. The van der Waals surface area contributed by atoms with E-state index in [9.17, 15) is 0 Å². The molecular weight excluding hydrogens is 344 g/mol. The van der Waals surface area contributed by atoms with Gasteiger partial charge in [-0.3, -0.25) is 0 Å². The van der Waals surface area contributed by atoms with Crippen LogP contribution in [0, 0.1) is 5.41 Å². The third-order valence-electron chi connectivity index (χ3n) is 5.86. The van der Waals surface area contributed by atoms with E-state index in [0.717, 1.165) is 19.3 Å². The molecule has 27 heavy (non-hydrogen) atoms. The lowest BCUT2D eigenvalue weighted by Crippen LogP contribution is -2.52. The van der Waals surface area contributed by atoms with Gasteiger partial charge in [0.2, 0.25) is 0 Å². The molecule has 0 aromatic heterocycles. The number of ether oxygens (including phenoxy) is 5. The molecule has 5 nitrogen and oxygen atoms in total. The van der Waals surface area contributed by atoms with Crippen LogP contribution in [0.1, 0.15) is 45.1 Å². The van der Waals surface area contributed by atoms with Crippen molar-refractivity contribution in [2.24, 2.45) is 5.41 Å². The van der Waals surface area contributed by atoms with Crippen LogP contribution in [-0.4, -0.2) is 52.5 Å². The quantitative estimate of drug-likeness (QED) is 0.633. The SMILES string of the molecule is CCC1(C2(C)OCCO2)CCCC1OCc1ccccc1.COCCOC. The first-order valence-electron chi connectivity index (χ1n) is 10.0. The average Bonchev–Trinajstić information content (AvgIpc) is 3.34. The maximum atomic E-state index is 6.31. The summed E-state index contributed by atoms with van der Waals surface area (Å²) in [6, 6.07) is 10.4. The fourth-order valence-electron chi connectivity index (χ4n) is 4.27. The van der Waals surface area contributed by atoms with Crippen LogP contribution in [0.3, 0.4) is 0 Å². The van der Waals surface area contributed by atoms with Gasteiger partial charge in [0, 0.05) is 14.2 Å². The molecule has 0 spiro atoms. The lowest BCUT2D eigenvalue weighted by Gasteiger charge is -2.45. The molecular formula is C22H36O5. The Morgan fingerprint density at radius 2 is 1.67 bits per heavy atom. The summed E-state index contributed by atoms with van der Waals surface area (Å²) < 4.78 is 27.6. The molecule has 1 aromatic rings. The van der Waals surface area contributed by atoms with E-state index >= 15 is 0 Å². The first kappa shape index (κ1) is 22.3. The molecule has 1 saturated carbocycles. The minimum Gasteiger partial charge on any atom is -0.382 e. The Labute approximate surface area is 164 Å². The zero-order chi connectivity index (χ0) is 19.6. The number of methoxy groups -OCH3 is 2. The molecule has 0 amide bonds. The Bertz CT molecular complexity index is 511. The summed E-state index contributed by atoms with van der Waals surface area (Å²) in [5.41, 5.74) is 1.21. The molecule has 1 aromatic carbocycles. The van der Waals surface area contributed by atoms with Crippen LogP contribution in [0.2, 0.25) is 0 Å². The summed E-state index contributed by atoms with van der Waals surface area (Å²) in [5.74, 6) is -0.487. The molecule has 1 aliphatic heterocycles. The Morgan fingerprint density at radius 3 is 2.22 bits per heavy atom. The fraction of sp³-hybridized carbons (Fsp3) is 0.727.